The smallest absolute Gasteiger partial charge is 0.251 e. The quantitative estimate of drug-likeness (QED) is 0.882. The summed E-state index contributed by atoms with van der Waals surface area (Å²) < 4.78 is 23.0. The van der Waals surface area contributed by atoms with Crippen LogP contribution in [0.25, 0.3) is 10.9 Å². The number of carbonyl (C=O) groups is 1. The number of hydrogen-bond acceptors (Lipinski definition) is 3. The van der Waals surface area contributed by atoms with Crippen molar-refractivity contribution in [2.45, 2.75) is 38.1 Å². The lowest BCUT2D eigenvalue weighted by molar-refractivity contribution is 0.0941. The van der Waals surface area contributed by atoms with E-state index in [-0.39, 0.29) is 23.5 Å². The van der Waals surface area contributed by atoms with Gasteiger partial charge >= 0.3 is 0 Å². The average Bonchev–Trinajstić information content (AvgIpc) is 3.06. The standard InChI is InChI=1S/C17H20N2O3S/c20-17(18-12-7-8-23(21,22)10-12)11-5-6-16-14(9-11)13-3-1-2-4-15(13)19-16/h5-6,9,12,19H,1-4,7-8,10H2,(H,18,20)/t12-/m0/s1. The highest BCUT2D eigenvalue weighted by molar-refractivity contribution is 7.91. The van der Waals surface area contributed by atoms with Gasteiger partial charge in [0.15, 0.2) is 9.84 Å². The normalized spacial score (nSPS) is 22.9. The van der Waals surface area contributed by atoms with Crippen LogP contribution in [0.4, 0.5) is 0 Å². The van der Waals surface area contributed by atoms with Gasteiger partial charge in [0.2, 0.25) is 0 Å². The average molecular weight is 332 g/mol. The number of aryl methyl sites for hydroxylation is 2. The second-order valence-corrected chi connectivity index (χ2v) is 8.85. The van der Waals surface area contributed by atoms with Gasteiger partial charge in [0.1, 0.15) is 0 Å². The Balaban J connectivity index is 1.60. The zero-order valence-electron chi connectivity index (χ0n) is 12.9. The van der Waals surface area contributed by atoms with E-state index < -0.39 is 9.84 Å². The lowest BCUT2D eigenvalue weighted by Gasteiger charge is -2.12. The van der Waals surface area contributed by atoms with E-state index in [2.05, 4.69) is 10.3 Å². The van der Waals surface area contributed by atoms with Crippen LogP contribution in [0.3, 0.4) is 0 Å². The van der Waals surface area contributed by atoms with Gasteiger partial charge in [-0.3, -0.25) is 4.79 Å². The molecular formula is C17H20N2O3S. The summed E-state index contributed by atoms with van der Waals surface area (Å²) in [6.45, 7) is 0. The zero-order chi connectivity index (χ0) is 16.0. The van der Waals surface area contributed by atoms with Crippen molar-refractivity contribution in [1.29, 1.82) is 0 Å². The highest BCUT2D eigenvalue weighted by Crippen LogP contribution is 2.29. The molecule has 122 valence electrons. The first-order valence-corrected chi connectivity index (χ1v) is 9.99. The molecule has 1 aliphatic heterocycles. The minimum Gasteiger partial charge on any atom is -0.358 e. The molecule has 2 heterocycles. The molecule has 2 N–H and O–H groups in total. The van der Waals surface area contributed by atoms with Gasteiger partial charge in [0.25, 0.3) is 5.91 Å². The molecule has 0 saturated carbocycles. The molecule has 23 heavy (non-hydrogen) atoms. The van der Waals surface area contributed by atoms with Gasteiger partial charge in [0, 0.05) is 28.2 Å². The fourth-order valence-electron chi connectivity index (χ4n) is 3.72. The Kier molecular flexibility index (Phi) is 3.44. The number of sulfone groups is 1. The van der Waals surface area contributed by atoms with Crippen molar-refractivity contribution < 1.29 is 13.2 Å². The maximum Gasteiger partial charge on any atom is 0.251 e. The predicted molar refractivity (Wildman–Crippen MR) is 89.5 cm³/mol. The van der Waals surface area contributed by atoms with Crippen molar-refractivity contribution >= 4 is 26.6 Å². The molecular weight excluding hydrogens is 312 g/mol. The third-order valence-electron chi connectivity index (χ3n) is 4.93. The number of aromatic amines is 1. The Morgan fingerprint density at radius 1 is 1.22 bits per heavy atom. The minimum absolute atomic E-state index is 0.0561. The highest BCUT2D eigenvalue weighted by Gasteiger charge is 2.29. The number of benzene rings is 1. The van der Waals surface area contributed by atoms with E-state index in [0.717, 1.165) is 23.7 Å². The summed E-state index contributed by atoms with van der Waals surface area (Å²) in [5.41, 5.74) is 4.32. The molecule has 1 saturated heterocycles. The van der Waals surface area contributed by atoms with Crippen LogP contribution in [0.15, 0.2) is 18.2 Å². The van der Waals surface area contributed by atoms with E-state index in [1.54, 1.807) is 0 Å². The molecule has 1 fully saturated rings. The van der Waals surface area contributed by atoms with Gasteiger partial charge in [-0.15, -0.1) is 0 Å². The van der Waals surface area contributed by atoms with Crippen LogP contribution in [0.2, 0.25) is 0 Å². The van der Waals surface area contributed by atoms with Crippen molar-refractivity contribution in [3.8, 4) is 0 Å². The molecule has 1 aliphatic carbocycles. The predicted octanol–water partition coefficient (Wildman–Crippen LogP) is 1.96. The zero-order valence-corrected chi connectivity index (χ0v) is 13.7. The van der Waals surface area contributed by atoms with Gasteiger partial charge < -0.3 is 10.3 Å². The fraction of sp³-hybridized carbons (Fsp3) is 0.471. The Morgan fingerprint density at radius 2 is 2.04 bits per heavy atom. The van der Waals surface area contributed by atoms with E-state index in [0.29, 0.717) is 12.0 Å². The lowest BCUT2D eigenvalue weighted by atomic mass is 9.95. The van der Waals surface area contributed by atoms with Crippen LogP contribution in [0.1, 0.15) is 40.9 Å². The number of hydrogen-bond donors (Lipinski definition) is 2. The van der Waals surface area contributed by atoms with Crippen LogP contribution < -0.4 is 5.32 Å². The van der Waals surface area contributed by atoms with E-state index in [1.165, 1.54) is 24.1 Å². The molecule has 0 unspecified atom stereocenters. The fourth-order valence-corrected chi connectivity index (χ4v) is 5.40. The third-order valence-corrected chi connectivity index (χ3v) is 6.70. The second kappa shape index (κ2) is 5.37. The lowest BCUT2D eigenvalue weighted by Crippen LogP contribution is -2.35. The Morgan fingerprint density at radius 3 is 2.83 bits per heavy atom. The van der Waals surface area contributed by atoms with Gasteiger partial charge in [-0.2, -0.15) is 0 Å². The number of amides is 1. The summed E-state index contributed by atoms with van der Waals surface area (Å²) in [5, 5.41) is 3.99. The van der Waals surface area contributed by atoms with Gasteiger partial charge in [0.05, 0.1) is 11.5 Å². The first kappa shape index (κ1) is 14.8. The highest BCUT2D eigenvalue weighted by atomic mass is 32.2. The number of nitrogens with one attached hydrogen (secondary N) is 2. The minimum atomic E-state index is -2.98. The molecule has 0 radical (unpaired) electrons. The number of carbonyl (C=O) groups excluding carboxylic acids is 1. The molecule has 2 aliphatic rings. The summed E-state index contributed by atoms with van der Waals surface area (Å²) >= 11 is 0. The first-order valence-electron chi connectivity index (χ1n) is 8.17. The Bertz CT molecular complexity index is 883. The van der Waals surface area contributed by atoms with Crippen molar-refractivity contribution in [3.05, 3.63) is 35.0 Å². The molecule has 1 atom stereocenters. The van der Waals surface area contributed by atoms with Crippen molar-refractivity contribution in [2.75, 3.05) is 11.5 Å². The summed E-state index contributed by atoms with van der Waals surface area (Å²) in [4.78, 5) is 15.9. The second-order valence-electron chi connectivity index (χ2n) is 6.62. The molecule has 0 spiro atoms. The molecule has 0 bridgehead atoms. The topological polar surface area (TPSA) is 79.0 Å². The molecule has 1 amide bonds. The van der Waals surface area contributed by atoms with Crippen LogP contribution in [0.5, 0.6) is 0 Å². The van der Waals surface area contributed by atoms with Crippen LogP contribution >= 0.6 is 0 Å². The van der Waals surface area contributed by atoms with E-state index in [9.17, 15) is 13.2 Å². The Hall–Kier alpha value is -1.82. The maximum atomic E-state index is 12.4. The third kappa shape index (κ3) is 2.76. The van der Waals surface area contributed by atoms with E-state index >= 15 is 0 Å². The van der Waals surface area contributed by atoms with Crippen molar-refractivity contribution in [3.63, 3.8) is 0 Å². The van der Waals surface area contributed by atoms with Crippen LogP contribution in [-0.4, -0.2) is 36.9 Å². The SMILES string of the molecule is O=C(N[C@H]1CCS(=O)(=O)C1)c1ccc2[nH]c3c(c2c1)CCCC3. The Labute approximate surface area is 135 Å². The molecule has 1 aromatic heterocycles. The van der Waals surface area contributed by atoms with Crippen molar-refractivity contribution in [1.82, 2.24) is 10.3 Å². The number of fused-ring (bicyclic) bond motifs is 3. The maximum absolute atomic E-state index is 12.4. The van der Waals surface area contributed by atoms with E-state index in [1.807, 2.05) is 18.2 Å². The van der Waals surface area contributed by atoms with Gasteiger partial charge in [-0.05, 0) is 55.9 Å². The molecule has 5 nitrogen and oxygen atoms in total. The number of rotatable bonds is 2. The van der Waals surface area contributed by atoms with E-state index in [4.69, 9.17) is 0 Å². The summed E-state index contributed by atoms with van der Waals surface area (Å²) in [5.74, 6) is 0.0443. The largest absolute Gasteiger partial charge is 0.358 e. The van der Waals surface area contributed by atoms with Crippen LogP contribution in [0, 0.1) is 0 Å². The molecule has 6 heteroatoms. The van der Waals surface area contributed by atoms with Crippen LogP contribution in [-0.2, 0) is 22.7 Å². The monoisotopic (exact) mass is 332 g/mol. The first-order chi connectivity index (χ1) is 11.0. The number of aromatic nitrogens is 1. The van der Waals surface area contributed by atoms with Crippen molar-refractivity contribution in [2.24, 2.45) is 0 Å². The summed E-state index contributed by atoms with van der Waals surface area (Å²) in [6.07, 6.45) is 5.04. The number of H-pyrrole nitrogens is 1. The summed E-state index contributed by atoms with van der Waals surface area (Å²) in [7, 11) is -2.98. The van der Waals surface area contributed by atoms with Gasteiger partial charge in [-0.1, -0.05) is 0 Å². The van der Waals surface area contributed by atoms with Gasteiger partial charge in [-0.25, -0.2) is 8.42 Å². The molecule has 2 aromatic rings. The summed E-state index contributed by atoms with van der Waals surface area (Å²) in [6, 6.07) is 5.44. The molecule has 1 aromatic carbocycles. The molecule has 4 rings (SSSR count).